The van der Waals surface area contributed by atoms with Gasteiger partial charge in [-0.3, -0.25) is 9.80 Å². The Morgan fingerprint density at radius 1 is 1.71 bits per heavy atom. The molecule has 0 aliphatic carbocycles. The van der Waals surface area contributed by atoms with E-state index in [2.05, 4.69) is 5.29 Å². The van der Waals surface area contributed by atoms with E-state index in [-0.39, 0.29) is 13.2 Å². The molecule has 1 N–H and O–H groups in total. The number of nitrogens with zero attached hydrogens (tertiary/aromatic N) is 2. The maximum Gasteiger partial charge on any atom is 0.313 e. The third kappa shape index (κ3) is 2.01. The number of aliphatic carboxylic acids is 1. The number of ether oxygens (including phenoxy) is 1. The molecular formula is C8H14N2O4. The van der Waals surface area contributed by atoms with Gasteiger partial charge in [-0.2, -0.15) is 0 Å². The molecule has 1 aliphatic rings. The second kappa shape index (κ2) is 4.36. The zero-order valence-corrected chi connectivity index (χ0v) is 8.10. The summed E-state index contributed by atoms with van der Waals surface area (Å²) in [5.74, 6) is -0.923. The quantitative estimate of drug-likeness (QED) is 0.671. The average molecular weight is 202 g/mol. The molecule has 0 aromatic carbocycles. The van der Waals surface area contributed by atoms with Crippen molar-refractivity contribution in [2.75, 3.05) is 26.8 Å². The molecule has 14 heavy (non-hydrogen) atoms. The van der Waals surface area contributed by atoms with Crippen molar-refractivity contribution in [3.63, 3.8) is 0 Å². The molecule has 0 radical (unpaired) electrons. The third-order valence-electron chi connectivity index (χ3n) is 2.55. The highest BCUT2D eigenvalue weighted by molar-refractivity contribution is 5.75. The van der Waals surface area contributed by atoms with Crippen molar-refractivity contribution < 1.29 is 14.6 Å². The number of piperidine rings is 1. The molecule has 1 unspecified atom stereocenters. The van der Waals surface area contributed by atoms with Gasteiger partial charge in [0.15, 0.2) is 0 Å². The zero-order chi connectivity index (χ0) is 10.6. The molecule has 1 atom stereocenters. The molecule has 0 spiro atoms. The van der Waals surface area contributed by atoms with E-state index >= 15 is 0 Å². The van der Waals surface area contributed by atoms with Crippen molar-refractivity contribution in [2.45, 2.75) is 12.8 Å². The minimum Gasteiger partial charge on any atom is -0.481 e. The first-order chi connectivity index (χ1) is 6.64. The van der Waals surface area contributed by atoms with Gasteiger partial charge < -0.3 is 9.84 Å². The standard InChI is InChI=1S/C8H14N2O4/c1-14-6-8(7(11)12)3-2-4-10(5-8)9-13/h2-6H2,1H3,(H,11,12). The van der Waals surface area contributed by atoms with E-state index in [1.165, 1.54) is 12.1 Å². The van der Waals surface area contributed by atoms with Gasteiger partial charge in [0.2, 0.25) is 0 Å². The molecule has 6 heteroatoms. The van der Waals surface area contributed by atoms with Gasteiger partial charge in [0, 0.05) is 13.7 Å². The van der Waals surface area contributed by atoms with Crippen LogP contribution in [0, 0.1) is 10.3 Å². The van der Waals surface area contributed by atoms with E-state index in [0.717, 1.165) is 0 Å². The average Bonchev–Trinajstić information content (AvgIpc) is 2.18. The van der Waals surface area contributed by atoms with Crippen LogP contribution in [0.15, 0.2) is 5.29 Å². The highest BCUT2D eigenvalue weighted by Crippen LogP contribution is 2.30. The largest absolute Gasteiger partial charge is 0.481 e. The Morgan fingerprint density at radius 3 is 2.93 bits per heavy atom. The van der Waals surface area contributed by atoms with Crippen molar-refractivity contribution in [3.05, 3.63) is 4.91 Å². The van der Waals surface area contributed by atoms with Crippen molar-refractivity contribution >= 4 is 5.97 Å². The maximum absolute atomic E-state index is 11.1. The summed E-state index contributed by atoms with van der Waals surface area (Å²) in [4.78, 5) is 21.4. The van der Waals surface area contributed by atoms with Crippen LogP contribution in [-0.2, 0) is 9.53 Å². The normalized spacial score (nSPS) is 27.4. The molecule has 80 valence electrons. The molecule has 0 amide bonds. The van der Waals surface area contributed by atoms with Crippen LogP contribution in [0.4, 0.5) is 0 Å². The Labute approximate surface area is 81.8 Å². The van der Waals surface area contributed by atoms with E-state index in [9.17, 15) is 9.70 Å². The number of carboxylic acids is 1. The van der Waals surface area contributed by atoms with Gasteiger partial charge in [-0.1, -0.05) is 0 Å². The Hall–Kier alpha value is -1.17. The number of hydrogen-bond acceptors (Lipinski definition) is 4. The van der Waals surface area contributed by atoms with E-state index in [1.807, 2.05) is 0 Å². The van der Waals surface area contributed by atoms with Gasteiger partial charge in [-0.05, 0) is 12.8 Å². The van der Waals surface area contributed by atoms with Gasteiger partial charge in [0.05, 0.1) is 18.4 Å². The maximum atomic E-state index is 11.1. The lowest BCUT2D eigenvalue weighted by Crippen LogP contribution is -2.48. The SMILES string of the molecule is COCC1(C(=O)O)CCCN(N=O)C1. The number of rotatable bonds is 4. The second-order valence-electron chi connectivity index (χ2n) is 3.59. The van der Waals surface area contributed by atoms with Crippen LogP contribution in [0.3, 0.4) is 0 Å². The highest BCUT2D eigenvalue weighted by atomic mass is 16.5. The van der Waals surface area contributed by atoms with Crippen molar-refractivity contribution in [1.29, 1.82) is 0 Å². The summed E-state index contributed by atoms with van der Waals surface area (Å²) in [6, 6.07) is 0. The highest BCUT2D eigenvalue weighted by Gasteiger charge is 2.43. The van der Waals surface area contributed by atoms with Crippen molar-refractivity contribution in [2.24, 2.45) is 10.7 Å². The van der Waals surface area contributed by atoms with Crippen LogP contribution < -0.4 is 0 Å². The molecule has 1 saturated heterocycles. The first-order valence-corrected chi connectivity index (χ1v) is 4.45. The summed E-state index contributed by atoms with van der Waals surface area (Å²) in [5, 5.41) is 13.1. The number of nitroso groups, excluding NO2 is 1. The van der Waals surface area contributed by atoms with Crippen LogP contribution in [0.5, 0.6) is 0 Å². The van der Waals surface area contributed by atoms with Gasteiger partial charge >= 0.3 is 5.97 Å². The Kier molecular flexibility index (Phi) is 3.40. The molecule has 1 heterocycles. The molecular weight excluding hydrogens is 188 g/mol. The smallest absolute Gasteiger partial charge is 0.313 e. The minimum atomic E-state index is -0.971. The molecule has 0 aromatic rings. The summed E-state index contributed by atoms with van der Waals surface area (Å²) in [6.45, 7) is 0.788. The zero-order valence-electron chi connectivity index (χ0n) is 8.10. The van der Waals surface area contributed by atoms with Crippen LogP contribution in [0.25, 0.3) is 0 Å². The molecule has 0 bridgehead atoms. The predicted molar refractivity (Wildman–Crippen MR) is 48.5 cm³/mol. The molecule has 0 aromatic heterocycles. The van der Waals surface area contributed by atoms with Gasteiger partial charge in [0.25, 0.3) is 0 Å². The third-order valence-corrected chi connectivity index (χ3v) is 2.55. The number of carboxylic acid groups (broad SMARTS) is 1. The van der Waals surface area contributed by atoms with Crippen LogP contribution in [0.1, 0.15) is 12.8 Å². The van der Waals surface area contributed by atoms with Crippen molar-refractivity contribution in [3.8, 4) is 0 Å². The minimum absolute atomic E-state index is 0.119. The monoisotopic (exact) mass is 202 g/mol. The van der Waals surface area contributed by atoms with Crippen LogP contribution in [-0.4, -0.2) is 42.9 Å². The Morgan fingerprint density at radius 2 is 2.43 bits per heavy atom. The van der Waals surface area contributed by atoms with Gasteiger partial charge in [-0.25, -0.2) is 0 Å². The summed E-state index contributed by atoms with van der Waals surface area (Å²) in [5.41, 5.74) is -0.971. The number of carbonyl (C=O) groups is 1. The van der Waals surface area contributed by atoms with E-state index < -0.39 is 11.4 Å². The molecule has 1 rings (SSSR count). The summed E-state index contributed by atoms with van der Waals surface area (Å²) in [6.07, 6.45) is 1.18. The fraction of sp³-hybridized carbons (Fsp3) is 0.875. The summed E-state index contributed by atoms with van der Waals surface area (Å²) >= 11 is 0. The molecule has 0 saturated carbocycles. The molecule has 1 fully saturated rings. The number of methoxy groups -OCH3 is 1. The van der Waals surface area contributed by atoms with Crippen LogP contribution >= 0.6 is 0 Å². The molecule has 1 aliphatic heterocycles. The van der Waals surface area contributed by atoms with Gasteiger partial charge in [0.1, 0.15) is 5.41 Å². The fourth-order valence-electron chi connectivity index (χ4n) is 1.81. The van der Waals surface area contributed by atoms with E-state index in [4.69, 9.17) is 9.84 Å². The predicted octanol–water partition coefficient (Wildman–Crippen LogP) is 0.481. The van der Waals surface area contributed by atoms with E-state index in [1.54, 1.807) is 0 Å². The van der Waals surface area contributed by atoms with Gasteiger partial charge in [-0.15, -0.1) is 4.91 Å². The Bertz CT molecular complexity index is 229. The Balaban J connectivity index is 2.75. The van der Waals surface area contributed by atoms with Crippen molar-refractivity contribution in [1.82, 2.24) is 5.01 Å². The summed E-state index contributed by atoms with van der Waals surface area (Å²) < 4.78 is 4.89. The van der Waals surface area contributed by atoms with E-state index in [0.29, 0.717) is 19.4 Å². The topological polar surface area (TPSA) is 79.2 Å². The first kappa shape index (κ1) is 10.9. The van der Waals surface area contributed by atoms with Crippen LogP contribution in [0.2, 0.25) is 0 Å². The number of hydrogen-bond donors (Lipinski definition) is 1. The summed E-state index contributed by atoms with van der Waals surface area (Å²) in [7, 11) is 1.46. The lowest BCUT2D eigenvalue weighted by Gasteiger charge is -2.36. The molecule has 6 nitrogen and oxygen atoms in total. The second-order valence-corrected chi connectivity index (χ2v) is 3.59. The lowest BCUT2D eigenvalue weighted by molar-refractivity contribution is -0.156. The fourth-order valence-corrected chi connectivity index (χ4v) is 1.81. The lowest BCUT2D eigenvalue weighted by atomic mass is 9.81. The first-order valence-electron chi connectivity index (χ1n) is 4.45.